The molecule has 0 spiro atoms. The minimum Gasteiger partial charge on any atom is -0.377 e. The van der Waals surface area contributed by atoms with Gasteiger partial charge in [-0.1, -0.05) is 55.1 Å². The molecule has 0 fully saturated rings. The second kappa shape index (κ2) is 5.53. The average Bonchev–Trinajstić information content (AvgIpc) is 2.46. The van der Waals surface area contributed by atoms with Crippen LogP contribution in [0.2, 0.25) is 0 Å². The Bertz CT molecular complexity index is 600. The molecule has 0 saturated carbocycles. The van der Waals surface area contributed by atoms with Crippen molar-refractivity contribution in [3.63, 3.8) is 0 Å². The molecule has 0 aliphatic rings. The first kappa shape index (κ1) is 13.1. The van der Waals surface area contributed by atoms with E-state index in [0.717, 1.165) is 11.3 Å². The Morgan fingerprint density at radius 3 is 2.32 bits per heavy atom. The smallest absolute Gasteiger partial charge is 0.195 e. The predicted octanol–water partition coefficient (Wildman–Crippen LogP) is 3.63. The molecule has 2 heteroatoms. The van der Waals surface area contributed by atoms with Crippen molar-refractivity contribution in [3.05, 3.63) is 71.8 Å². The van der Waals surface area contributed by atoms with Gasteiger partial charge in [0.05, 0.1) is 5.56 Å². The van der Waals surface area contributed by atoms with Crippen LogP contribution in [0.25, 0.3) is 6.08 Å². The molecule has 0 aromatic heterocycles. The molecule has 0 saturated heterocycles. The summed E-state index contributed by atoms with van der Waals surface area (Å²) in [4.78, 5) is 14.6. The molecule has 0 atom stereocenters. The van der Waals surface area contributed by atoms with Gasteiger partial charge in [0.1, 0.15) is 0 Å². The number of hydrogen-bond acceptors (Lipinski definition) is 2. The minimum absolute atomic E-state index is 0.0276. The highest BCUT2D eigenvalue weighted by Gasteiger charge is 2.17. The van der Waals surface area contributed by atoms with Gasteiger partial charge < -0.3 is 4.90 Å². The molecule has 19 heavy (non-hydrogen) atoms. The van der Waals surface area contributed by atoms with Crippen LogP contribution < -0.4 is 4.90 Å². The Labute approximate surface area is 114 Å². The molecule has 2 nitrogen and oxygen atoms in total. The summed E-state index contributed by atoms with van der Waals surface area (Å²) in [7, 11) is 3.87. The van der Waals surface area contributed by atoms with E-state index in [1.807, 2.05) is 67.5 Å². The number of hydrogen-bond donors (Lipinski definition) is 0. The second-order valence-corrected chi connectivity index (χ2v) is 4.54. The third kappa shape index (κ3) is 2.58. The van der Waals surface area contributed by atoms with Crippen molar-refractivity contribution in [1.29, 1.82) is 0 Å². The van der Waals surface area contributed by atoms with Crippen molar-refractivity contribution >= 4 is 17.5 Å². The zero-order valence-corrected chi connectivity index (χ0v) is 11.3. The zero-order chi connectivity index (χ0) is 13.8. The molecule has 96 valence electrons. The van der Waals surface area contributed by atoms with E-state index in [1.54, 1.807) is 6.08 Å². The van der Waals surface area contributed by atoms with E-state index in [0.29, 0.717) is 11.1 Å². The molecule has 0 aliphatic heterocycles. The van der Waals surface area contributed by atoms with Crippen molar-refractivity contribution < 1.29 is 4.79 Å². The van der Waals surface area contributed by atoms with Crippen LogP contribution in [0.15, 0.2) is 55.1 Å². The Hall–Kier alpha value is -2.35. The molecule has 2 aromatic carbocycles. The van der Waals surface area contributed by atoms with Crippen LogP contribution >= 0.6 is 0 Å². The predicted molar refractivity (Wildman–Crippen MR) is 80.7 cm³/mol. The molecule has 0 amide bonds. The van der Waals surface area contributed by atoms with Gasteiger partial charge in [-0.05, 0) is 11.6 Å². The summed E-state index contributed by atoms with van der Waals surface area (Å²) in [6.07, 6.45) is 1.73. The number of carbonyl (C=O) groups is 1. The molecule has 0 bridgehead atoms. The SMILES string of the molecule is C=Cc1cccc(N(C)C)c1C(=O)c1ccccc1. The van der Waals surface area contributed by atoms with E-state index < -0.39 is 0 Å². The van der Waals surface area contributed by atoms with E-state index in [2.05, 4.69) is 6.58 Å². The summed E-state index contributed by atoms with van der Waals surface area (Å²) in [5.41, 5.74) is 3.17. The molecule has 0 unspecified atom stereocenters. The highest BCUT2D eigenvalue weighted by atomic mass is 16.1. The molecular weight excluding hydrogens is 234 g/mol. The van der Waals surface area contributed by atoms with Crippen molar-refractivity contribution in [2.75, 3.05) is 19.0 Å². The van der Waals surface area contributed by atoms with Crippen LogP contribution in [0.3, 0.4) is 0 Å². The fourth-order valence-electron chi connectivity index (χ4n) is 2.08. The fourth-order valence-corrected chi connectivity index (χ4v) is 2.08. The lowest BCUT2D eigenvalue weighted by molar-refractivity contribution is 0.103. The Morgan fingerprint density at radius 1 is 1.05 bits per heavy atom. The van der Waals surface area contributed by atoms with Gasteiger partial charge in [-0.25, -0.2) is 0 Å². The summed E-state index contributed by atoms with van der Waals surface area (Å²) in [6.45, 7) is 3.80. The van der Waals surface area contributed by atoms with Gasteiger partial charge in [-0.3, -0.25) is 4.79 Å². The normalized spacial score (nSPS) is 10.0. The van der Waals surface area contributed by atoms with Gasteiger partial charge in [0.15, 0.2) is 5.78 Å². The maximum Gasteiger partial charge on any atom is 0.195 e. The fraction of sp³-hybridized carbons (Fsp3) is 0.118. The maximum atomic E-state index is 12.7. The number of benzene rings is 2. The van der Waals surface area contributed by atoms with Crippen molar-refractivity contribution in [1.82, 2.24) is 0 Å². The standard InChI is InChI=1S/C17H17NO/c1-4-13-11-8-12-15(18(2)3)16(13)17(19)14-9-6-5-7-10-14/h4-12H,1H2,2-3H3. The molecule has 0 N–H and O–H groups in total. The first-order valence-corrected chi connectivity index (χ1v) is 6.17. The van der Waals surface area contributed by atoms with Gasteiger partial charge in [-0.2, -0.15) is 0 Å². The van der Waals surface area contributed by atoms with E-state index in [9.17, 15) is 4.79 Å². The number of carbonyl (C=O) groups excluding carboxylic acids is 1. The third-order valence-corrected chi connectivity index (χ3v) is 3.04. The van der Waals surface area contributed by atoms with E-state index in [-0.39, 0.29) is 5.78 Å². The first-order chi connectivity index (χ1) is 9.15. The van der Waals surface area contributed by atoms with E-state index in [4.69, 9.17) is 0 Å². The molecule has 2 aromatic rings. The van der Waals surface area contributed by atoms with E-state index >= 15 is 0 Å². The summed E-state index contributed by atoms with van der Waals surface area (Å²) < 4.78 is 0. The highest BCUT2D eigenvalue weighted by molar-refractivity contribution is 6.14. The molecule has 2 rings (SSSR count). The maximum absolute atomic E-state index is 12.7. The molecular formula is C17H17NO. The topological polar surface area (TPSA) is 20.3 Å². The molecule has 0 aliphatic carbocycles. The van der Waals surface area contributed by atoms with Crippen LogP contribution in [0, 0.1) is 0 Å². The molecule has 0 heterocycles. The third-order valence-electron chi connectivity index (χ3n) is 3.04. The van der Waals surface area contributed by atoms with Crippen molar-refractivity contribution in [2.45, 2.75) is 0 Å². The molecule has 0 radical (unpaired) electrons. The van der Waals surface area contributed by atoms with Gasteiger partial charge in [0, 0.05) is 25.3 Å². The first-order valence-electron chi connectivity index (χ1n) is 6.17. The number of anilines is 1. The largest absolute Gasteiger partial charge is 0.377 e. The van der Waals surface area contributed by atoms with Gasteiger partial charge in [0.25, 0.3) is 0 Å². The number of ketones is 1. The Balaban J connectivity index is 2.61. The lowest BCUT2D eigenvalue weighted by Gasteiger charge is -2.18. The van der Waals surface area contributed by atoms with Crippen LogP contribution in [-0.2, 0) is 0 Å². The Kier molecular flexibility index (Phi) is 3.81. The number of nitrogens with zero attached hydrogens (tertiary/aromatic N) is 1. The van der Waals surface area contributed by atoms with E-state index in [1.165, 1.54) is 0 Å². The lowest BCUT2D eigenvalue weighted by Crippen LogP contribution is -2.15. The van der Waals surface area contributed by atoms with Crippen molar-refractivity contribution in [2.24, 2.45) is 0 Å². The second-order valence-electron chi connectivity index (χ2n) is 4.54. The zero-order valence-electron chi connectivity index (χ0n) is 11.3. The average molecular weight is 251 g/mol. The van der Waals surface area contributed by atoms with Crippen molar-refractivity contribution in [3.8, 4) is 0 Å². The van der Waals surface area contributed by atoms with Crippen LogP contribution in [-0.4, -0.2) is 19.9 Å². The van der Waals surface area contributed by atoms with Gasteiger partial charge in [-0.15, -0.1) is 0 Å². The van der Waals surface area contributed by atoms with Gasteiger partial charge >= 0.3 is 0 Å². The van der Waals surface area contributed by atoms with Crippen LogP contribution in [0.5, 0.6) is 0 Å². The summed E-state index contributed by atoms with van der Waals surface area (Å²) in [5, 5.41) is 0. The summed E-state index contributed by atoms with van der Waals surface area (Å²) in [6, 6.07) is 15.1. The minimum atomic E-state index is 0.0276. The summed E-state index contributed by atoms with van der Waals surface area (Å²) >= 11 is 0. The summed E-state index contributed by atoms with van der Waals surface area (Å²) in [5.74, 6) is 0.0276. The lowest BCUT2D eigenvalue weighted by atomic mass is 9.96. The number of rotatable bonds is 4. The monoisotopic (exact) mass is 251 g/mol. The highest BCUT2D eigenvalue weighted by Crippen LogP contribution is 2.26. The quantitative estimate of drug-likeness (QED) is 0.773. The Morgan fingerprint density at radius 2 is 1.74 bits per heavy atom. The van der Waals surface area contributed by atoms with Crippen LogP contribution in [0.1, 0.15) is 21.5 Å². The van der Waals surface area contributed by atoms with Crippen LogP contribution in [0.4, 0.5) is 5.69 Å². The van der Waals surface area contributed by atoms with Gasteiger partial charge in [0.2, 0.25) is 0 Å².